The molecule has 1 heterocycles. The van der Waals surface area contributed by atoms with Crippen molar-refractivity contribution in [2.75, 3.05) is 5.75 Å². The topological polar surface area (TPSA) is 47.0 Å². The van der Waals surface area contributed by atoms with Gasteiger partial charge < -0.3 is 0 Å². The minimum atomic E-state index is -4.47. The number of halogens is 2. The van der Waals surface area contributed by atoms with E-state index in [-0.39, 0.29) is 6.42 Å². The molecule has 1 aromatic rings. The molecule has 1 rings (SSSR count). The molecule has 0 aliphatic heterocycles. The number of aromatic nitrogens is 1. The fourth-order valence-corrected chi connectivity index (χ4v) is 1.23. The Labute approximate surface area is 74.6 Å². The van der Waals surface area contributed by atoms with Gasteiger partial charge in [-0.1, -0.05) is 0 Å². The Kier molecular flexibility index (Phi) is 2.92. The summed E-state index contributed by atoms with van der Waals surface area (Å²) in [5, 5.41) is 0. The van der Waals surface area contributed by atoms with Crippen LogP contribution >= 0.6 is 0 Å². The molecule has 0 aliphatic rings. The lowest BCUT2D eigenvalue weighted by Crippen LogP contribution is -2.03. The highest BCUT2D eigenvalue weighted by Crippen LogP contribution is 2.01. The fraction of sp³-hybridized carbons (Fsp3) is 0.286. The van der Waals surface area contributed by atoms with Crippen LogP contribution < -0.4 is 0 Å². The third-order valence-electron chi connectivity index (χ3n) is 1.39. The molecule has 0 fully saturated rings. The summed E-state index contributed by atoms with van der Waals surface area (Å²) < 4.78 is 44.5. The predicted octanol–water partition coefficient (Wildman–Crippen LogP) is 1.06. The Morgan fingerprint density at radius 3 is 2.54 bits per heavy atom. The first-order valence-electron chi connectivity index (χ1n) is 3.50. The monoisotopic (exact) mass is 207 g/mol. The van der Waals surface area contributed by atoms with Crippen molar-refractivity contribution in [2.45, 2.75) is 6.42 Å². The molecule has 0 bridgehead atoms. The van der Waals surface area contributed by atoms with Crippen molar-refractivity contribution >= 4 is 10.2 Å². The van der Waals surface area contributed by atoms with Crippen LogP contribution in [0.3, 0.4) is 0 Å². The van der Waals surface area contributed by atoms with E-state index in [0.717, 1.165) is 12.3 Å². The molecule has 0 atom stereocenters. The Balaban J connectivity index is 2.61. The van der Waals surface area contributed by atoms with E-state index in [2.05, 4.69) is 4.98 Å². The van der Waals surface area contributed by atoms with Gasteiger partial charge >= 0.3 is 10.2 Å². The van der Waals surface area contributed by atoms with Gasteiger partial charge in [-0.05, 0) is 12.1 Å². The number of rotatable bonds is 3. The molecule has 0 N–H and O–H groups in total. The number of pyridine rings is 1. The molecule has 0 unspecified atom stereocenters. The van der Waals surface area contributed by atoms with E-state index >= 15 is 0 Å². The third-order valence-corrected chi connectivity index (χ3v) is 2.08. The maximum absolute atomic E-state index is 12.3. The van der Waals surface area contributed by atoms with Gasteiger partial charge in [0.05, 0.1) is 11.9 Å². The lowest BCUT2D eigenvalue weighted by Gasteiger charge is -1.96. The molecule has 0 aliphatic carbocycles. The summed E-state index contributed by atoms with van der Waals surface area (Å²) in [6, 6.07) is 2.47. The van der Waals surface area contributed by atoms with Crippen molar-refractivity contribution in [1.82, 2.24) is 4.98 Å². The molecule has 3 nitrogen and oxygen atoms in total. The first-order valence-corrected chi connectivity index (χ1v) is 5.05. The van der Waals surface area contributed by atoms with Crippen molar-refractivity contribution in [3.05, 3.63) is 29.8 Å². The normalized spacial score (nSPS) is 11.5. The average molecular weight is 207 g/mol. The van der Waals surface area contributed by atoms with Crippen LogP contribution in [0.2, 0.25) is 0 Å². The first-order chi connectivity index (χ1) is 5.97. The standard InChI is InChI=1S/C7H7F2NO2S/c8-6-1-2-7(10-5-6)3-4-13(9,11)12/h1-2,5H,3-4H2. The third kappa shape index (κ3) is 3.93. The molecule has 72 valence electrons. The van der Waals surface area contributed by atoms with Crippen molar-refractivity contribution in [2.24, 2.45) is 0 Å². The number of nitrogens with zero attached hydrogens (tertiary/aromatic N) is 1. The van der Waals surface area contributed by atoms with Crippen LogP contribution in [0.1, 0.15) is 5.69 Å². The Morgan fingerprint density at radius 2 is 2.08 bits per heavy atom. The van der Waals surface area contributed by atoms with Crippen LogP contribution in [-0.4, -0.2) is 19.2 Å². The van der Waals surface area contributed by atoms with Crippen LogP contribution in [-0.2, 0) is 16.6 Å². The lowest BCUT2D eigenvalue weighted by molar-refractivity contribution is 0.551. The second-order valence-corrected chi connectivity index (χ2v) is 3.95. The fourth-order valence-electron chi connectivity index (χ4n) is 0.781. The minimum absolute atomic E-state index is 0.0425. The second kappa shape index (κ2) is 3.78. The van der Waals surface area contributed by atoms with Gasteiger partial charge in [-0.15, -0.1) is 3.89 Å². The Hall–Kier alpha value is -1.04. The molecular weight excluding hydrogens is 200 g/mol. The number of aryl methyl sites for hydroxylation is 1. The van der Waals surface area contributed by atoms with Gasteiger partial charge in [-0.25, -0.2) is 4.39 Å². The number of hydrogen-bond acceptors (Lipinski definition) is 3. The molecule has 1 aromatic heterocycles. The molecule has 0 amide bonds. The molecule has 6 heteroatoms. The van der Waals surface area contributed by atoms with E-state index in [1.54, 1.807) is 0 Å². The van der Waals surface area contributed by atoms with E-state index < -0.39 is 21.8 Å². The largest absolute Gasteiger partial charge is 0.302 e. The summed E-state index contributed by atoms with van der Waals surface area (Å²) in [5.74, 6) is -1.13. The molecule has 13 heavy (non-hydrogen) atoms. The molecular formula is C7H7F2NO2S. The van der Waals surface area contributed by atoms with Gasteiger partial charge in [-0.3, -0.25) is 4.98 Å². The molecule has 0 radical (unpaired) electrons. The van der Waals surface area contributed by atoms with E-state index in [4.69, 9.17) is 0 Å². The van der Waals surface area contributed by atoms with Gasteiger partial charge in [0.2, 0.25) is 0 Å². The zero-order valence-corrected chi connectivity index (χ0v) is 7.39. The van der Waals surface area contributed by atoms with Gasteiger partial charge in [-0.2, -0.15) is 8.42 Å². The SMILES string of the molecule is O=S(=O)(F)CCc1ccc(F)cn1. The molecule has 0 saturated carbocycles. The predicted molar refractivity (Wildman–Crippen MR) is 42.8 cm³/mol. The second-order valence-electron chi connectivity index (χ2n) is 2.46. The number of hydrogen-bond donors (Lipinski definition) is 0. The summed E-state index contributed by atoms with van der Waals surface area (Å²) in [5.41, 5.74) is 0.350. The zero-order valence-electron chi connectivity index (χ0n) is 6.57. The van der Waals surface area contributed by atoms with Crippen molar-refractivity contribution < 1.29 is 16.7 Å². The smallest absolute Gasteiger partial charge is 0.258 e. The first kappa shape index (κ1) is 10.0. The van der Waals surface area contributed by atoms with Crippen LogP contribution in [0.25, 0.3) is 0 Å². The lowest BCUT2D eigenvalue weighted by atomic mass is 10.3. The van der Waals surface area contributed by atoms with E-state index in [1.807, 2.05) is 0 Å². The van der Waals surface area contributed by atoms with E-state index in [0.29, 0.717) is 5.69 Å². The Bertz CT molecular complexity index is 374. The minimum Gasteiger partial charge on any atom is -0.258 e. The average Bonchev–Trinajstić information content (AvgIpc) is 2.02. The maximum Gasteiger partial charge on any atom is 0.302 e. The summed E-state index contributed by atoms with van der Waals surface area (Å²) in [7, 11) is -4.47. The van der Waals surface area contributed by atoms with Gasteiger partial charge in [0, 0.05) is 12.1 Å². The highest BCUT2D eigenvalue weighted by atomic mass is 32.3. The Morgan fingerprint density at radius 1 is 1.38 bits per heavy atom. The quantitative estimate of drug-likeness (QED) is 0.696. The summed E-state index contributed by atoms with van der Waals surface area (Å²) >= 11 is 0. The van der Waals surface area contributed by atoms with Crippen molar-refractivity contribution in [3.8, 4) is 0 Å². The summed E-state index contributed by atoms with van der Waals surface area (Å²) in [6.07, 6.45) is 0.916. The van der Waals surface area contributed by atoms with Crippen molar-refractivity contribution in [1.29, 1.82) is 0 Å². The highest BCUT2D eigenvalue weighted by molar-refractivity contribution is 7.86. The van der Waals surface area contributed by atoms with Crippen LogP contribution in [0.5, 0.6) is 0 Å². The summed E-state index contributed by atoms with van der Waals surface area (Å²) in [4.78, 5) is 3.58. The van der Waals surface area contributed by atoms with Crippen LogP contribution in [0.15, 0.2) is 18.3 Å². The van der Waals surface area contributed by atoms with E-state index in [1.165, 1.54) is 6.07 Å². The maximum atomic E-state index is 12.3. The van der Waals surface area contributed by atoms with E-state index in [9.17, 15) is 16.7 Å². The van der Waals surface area contributed by atoms with Gasteiger partial charge in [0.1, 0.15) is 5.82 Å². The molecule has 0 saturated heterocycles. The summed E-state index contributed by atoms with van der Waals surface area (Å²) in [6.45, 7) is 0. The van der Waals surface area contributed by atoms with Crippen LogP contribution in [0, 0.1) is 5.82 Å². The van der Waals surface area contributed by atoms with Gasteiger partial charge in [0.25, 0.3) is 0 Å². The zero-order chi connectivity index (χ0) is 9.90. The molecule has 0 spiro atoms. The highest BCUT2D eigenvalue weighted by Gasteiger charge is 2.07. The molecule has 0 aromatic carbocycles. The van der Waals surface area contributed by atoms with Crippen molar-refractivity contribution in [3.63, 3.8) is 0 Å². The van der Waals surface area contributed by atoms with Crippen LogP contribution in [0.4, 0.5) is 8.28 Å². The van der Waals surface area contributed by atoms with Gasteiger partial charge in [0.15, 0.2) is 0 Å².